The lowest BCUT2D eigenvalue weighted by Crippen LogP contribution is -2.50. The van der Waals surface area contributed by atoms with Crippen LogP contribution >= 0.6 is 27.5 Å². The molecule has 0 bridgehead atoms. The predicted octanol–water partition coefficient (Wildman–Crippen LogP) is 4.78. The van der Waals surface area contributed by atoms with Gasteiger partial charge in [0.05, 0.1) is 22.7 Å². The topological polar surface area (TPSA) is 96.0 Å². The summed E-state index contributed by atoms with van der Waals surface area (Å²) in [5.74, 6) is -0.581. The minimum absolute atomic E-state index is 0.0154. The van der Waals surface area contributed by atoms with Gasteiger partial charge in [0.1, 0.15) is 18.3 Å². The van der Waals surface area contributed by atoms with Crippen LogP contribution in [0.15, 0.2) is 76.1 Å². The van der Waals surface area contributed by atoms with E-state index in [2.05, 4.69) is 21.2 Å². The van der Waals surface area contributed by atoms with Gasteiger partial charge in [0.25, 0.3) is 10.0 Å². The first-order chi connectivity index (χ1) is 18.0. The second-order valence-corrected chi connectivity index (χ2v) is 11.8. The Morgan fingerprint density at radius 1 is 1.05 bits per heavy atom. The molecule has 38 heavy (non-hydrogen) atoms. The van der Waals surface area contributed by atoms with Crippen molar-refractivity contribution in [2.45, 2.75) is 31.3 Å². The standard InChI is InChI=1S/C27H29BrClN3O5S/c1-18-5-12-23(13-6-18)38(35,36)32(22-11-14-25(37-4)24(29)15-22)17-26(33)31(19(2)27(34)30-3)16-20-7-9-21(28)10-8-20/h5-15,19H,16-17H2,1-4H3,(H,30,34)/t19-/m0/s1. The summed E-state index contributed by atoms with van der Waals surface area (Å²) in [6.45, 7) is 2.99. The summed E-state index contributed by atoms with van der Waals surface area (Å²) >= 11 is 9.71. The zero-order valence-corrected chi connectivity index (χ0v) is 24.6. The molecule has 11 heteroatoms. The molecule has 3 aromatic carbocycles. The van der Waals surface area contributed by atoms with Gasteiger partial charge in [0, 0.05) is 18.1 Å². The molecule has 1 atom stereocenters. The molecule has 0 unspecified atom stereocenters. The highest BCUT2D eigenvalue weighted by atomic mass is 79.9. The molecule has 0 heterocycles. The highest BCUT2D eigenvalue weighted by molar-refractivity contribution is 9.10. The first kappa shape index (κ1) is 29.5. The summed E-state index contributed by atoms with van der Waals surface area (Å²) in [5.41, 5.74) is 1.85. The quantitative estimate of drug-likeness (QED) is 0.351. The van der Waals surface area contributed by atoms with Crippen LogP contribution in [0, 0.1) is 6.92 Å². The number of carbonyl (C=O) groups is 2. The number of halogens is 2. The summed E-state index contributed by atoms with van der Waals surface area (Å²) in [6, 6.07) is 17.3. The van der Waals surface area contributed by atoms with Crippen molar-refractivity contribution in [3.05, 3.63) is 87.4 Å². The number of benzene rings is 3. The van der Waals surface area contributed by atoms with E-state index in [-0.39, 0.29) is 28.1 Å². The third-order valence-corrected chi connectivity index (χ3v) is 8.60. The van der Waals surface area contributed by atoms with Crippen molar-refractivity contribution in [3.8, 4) is 5.75 Å². The molecule has 0 saturated carbocycles. The number of hydrogen-bond donors (Lipinski definition) is 1. The van der Waals surface area contributed by atoms with Crippen LogP contribution in [-0.2, 0) is 26.2 Å². The summed E-state index contributed by atoms with van der Waals surface area (Å²) in [7, 11) is -1.26. The molecule has 8 nitrogen and oxygen atoms in total. The van der Waals surface area contributed by atoms with Crippen LogP contribution in [-0.4, -0.2) is 51.9 Å². The first-order valence-electron chi connectivity index (χ1n) is 11.7. The number of rotatable bonds is 10. The number of nitrogens with zero attached hydrogens (tertiary/aromatic N) is 2. The van der Waals surface area contributed by atoms with Crippen molar-refractivity contribution in [3.63, 3.8) is 0 Å². The maximum Gasteiger partial charge on any atom is 0.264 e. The lowest BCUT2D eigenvalue weighted by atomic mass is 10.1. The largest absolute Gasteiger partial charge is 0.495 e. The number of ether oxygens (including phenoxy) is 1. The van der Waals surface area contributed by atoms with E-state index in [9.17, 15) is 18.0 Å². The minimum Gasteiger partial charge on any atom is -0.495 e. The molecule has 2 amide bonds. The Morgan fingerprint density at radius 3 is 2.24 bits per heavy atom. The average molecular weight is 623 g/mol. The van der Waals surface area contributed by atoms with Crippen LogP contribution < -0.4 is 14.4 Å². The van der Waals surface area contributed by atoms with Gasteiger partial charge in [0.2, 0.25) is 11.8 Å². The monoisotopic (exact) mass is 621 g/mol. The van der Waals surface area contributed by atoms with E-state index in [4.69, 9.17) is 16.3 Å². The fourth-order valence-corrected chi connectivity index (χ4v) is 5.68. The fourth-order valence-electron chi connectivity index (χ4n) is 3.75. The molecule has 0 spiro atoms. The maximum absolute atomic E-state index is 13.8. The number of likely N-dealkylation sites (N-methyl/N-ethyl adjacent to an activating group) is 1. The molecule has 0 aliphatic carbocycles. The van der Waals surface area contributed by atoms with E-state index in [1.54, 1.807) is 19.1 Å². The Hall–Kier alpha value is -3.08. The summed E-state index contributed by atoms with van der Waals surface area (Å²) in [6.07, 6.45) is 0. The zero-order valence-electron chi connectivity index (χ0n) is 21.4. The first-order valence-corrected chi connectivity index (χ1v) is 14.3. The number of nitrogens with one attached hydrogen (secondary N) is 1. The lowest BCUT2D eigenvalue weighted by molar-refractivity contribution is -0.139. The SMILES string of the molecule is CNC(=O)[C@H](C)N(Cc1ccc(Br)cc1)C(=O)CN(c1ccc(OC)c(Cl)c1)S(=O)(=O)c1ccc(C)cc1. The fraction of sp³-hybridized carbons (Fsp3) is 0.259. The second-order valence-electron chi connectivity index (χ2n) is 8.58. The summed E-state index contributed by atoms with van der Waals surface area (Å²) in [4.78, 5) is 27.7. The molecular weight excluding hydrogens is 594 g/mol. The van der Waals surface area contributed by atoms with E-state index < -0.39 is 28.5 Å². The minimum atomic E-state index is -4.19. The van der Waals surface area contributed by atoms with Gasteiger partial charge in [-0.1, -0.05) is 57.4 Å². The van der Waals surface area contributed by atoms with E-state index in [1.807, 2.05) is 31.2 Å². The van der Waals surface area contributed by atoms with Crippen molar-refractivity contribution in [2.75, 3.05) is 25.0 Å². The van der Waals surface area contributed by atoms with Gasteiger partial charge in [-0.05, 0) is 61.9 Å². The molecule has 0 radical (unpaired) electrons. The molecule has 0 aromatic heterocycles. The van der Waals surface area contributed by atoms with Crippen molar-refractivity contribution in [1.29, 1.82) is 0 Å². The average Bonchev–Trinajstić information content (AvgIpc) is 2.90. The van der Waals surface area contributed by atoms with Gasteiger partial charge in [-0.3, -0.25) is 13.9 Å². The van der Waals surface area contributed by atoms with Gasteiger partial charge in [0.15, 0.2) is 0 Å². The number of carbonyl (C=O) groups excluding carboxylic acids is 2. The molecular formula is C27H29BrClN3O5S. The Balaban J connectivity index is 2.06. The number of methoxy groups -OCH3 is 1. The highest BCUT2D eigenvalue weighted by Gasteiger charge is 2.32. The van der Waals surface area contributed by atoms with Crippen LogP contribution in [0.1, 0.15) is 18.1 Å². The molecule has 0 saturated heterocycles. The van der Waals surface area contributed by atoms with E-state index in [0.717, 1.165) is 19.9 Å². The predicted molar refractivity (Wildman–Crippen MR) is 152 cm³/mol. The normalized spacial score (nSPS) is 11.9. The Bertz CT molecular complexity index is 1400. The molecule has 3 aromatic rings. The third-order valence-electron chi connectivity index (χ3n) is 5.99. The van der Waals surface area contributed by atoms with Gasteiger partial charge in [-0.15, -0.1) is 0 Å². The molecule has 202 valence electrons. The van der Waals surface area contributed by atoms with Crippen LogP contribution in [0.25, 0.3) is 0 Å². The van der Waals surface area contributed by atoms with Crippen LogP contribution in [0.3, 0.4) is 0 Å². The van der Waals surface area contributed by atoms with Crippen LogP contribution in [0.4, 0.5) is 5.69 Å². The van der Waals surface area contributed by atoms with Crippen molar-refractivity contribution in [1.82, 2.24) is 10.2 Å². The van der Waals surface area contributed by atoms with E-state index in [1.165, 1.54) is 49.4 Å². The molecule has 0 fully saturated rings. The zero-order chi connectivity index (χ0) is 28.0. The summed E-state index contributed by atoms with van der Waals surface area (Å²) < 4.78 is 34.7. The Kier molecular flexibility index (Phi) is 9.81. The maximum atomic E-state index is 13.8. The molecule has 0 aliphatic rings. The number of sulfonamides is 1. The van der Waals surface area contributed by atoms with Crippen LogP contribution in [0.2, 0.25) is 5.02 Å². The van der Waals surface area contributed by atoms with Crippen molar-refractivity contribution >= 4 is 55.1 Å². The number of anilines is 1. The summed E-state index contributed by atoms with van der Waals surface area (Å²) in [5, 5.41) is 2.74. The number of amides is 2. The highest BCUT2D eigenvalue weighted by Crippen LogP contribution is 2.32. The van der Waals surface area contributed by atoms with Gasteiger partial charge < -0.3 is 15.0 Å². The Morgan fingerprint density at radius 2 is 1.68 bits per heavy atom. The van der Waals surface area contributed by atoms with E-state index in [0.29, 0.717) is 5.75 Å². The van der Waals surface area contributed by atoms with Gasteiger partial charge in [-0.2, -0.15) is 0 Å². The number of aryl methyl sites for hydroxylation is 1. The van der Waals surface area contributed by atoms with Gasteiger partial charge >= 0.3 is 0 Å². The second kappa shape index (κ2) is 12.6. The molecule has 0 aliphatic heterocycles. The van der Waals surface area contributed by atoms with Crippen molar-refractivity contribution in [2.24, 2.45) is 0 Å². The smallest absolute Gasteiger partial charge is 0.264 e. The van der Waals surface area contributed by atoms with E-state index >= 15 is 0 Å². The molecule has 1 N–H and O–H groups in total. The number of hydrogen-bond acceptors (Lipinski definition) is 5. The van der Waals surface area contributed by atoms with Crippen molar-refractivity contribution < 1.29 is 22.7 Å². The third kappa shape index (κ3) is 6.86. The Labute approximate surface area is 236 Å². The lowest BCUT2D eigenvalue weighted by Gasteiger charge is -2.32. The molecule has 3 rings (SSSR count). The van der Waals surface area contributed by atoms with Gasteiger partial charge in [-0.25, -0.2) is 8.42 Å². The van der Waals surface area contributed by atoms with Crippen LogP contribution in [0.5, 0.6) is 5.75 Å².